The van der Waals surface area contributed by atoms with E-state index in [1.807, 2.05) is 0 Å². The summed E-state index contributed by atoms with van der Waals surface area (Å²) in [5.74, 6) is 0.306. The number of hydroxylamine groups is 1. The molecule has 0 unspecified atom stereocenters. The van der Waals surface area contributed by atoms with E-state index in [9.17, 15) is 8.42 Å². The van der Waals surface area contributed by atoms with Gasteiger partial charge in [-0.1, -0.05) is 6.07 Å². The van der Waals surface area contributed by atoms with Crippen molar-refractivity contribution < 1.29 is 13.3 Å². The van der Waals surface area contributed by atoms with E-state index in [0.717, 1.165) is 0 Å². The molecule has 0 saturated heterocycles. The summed E-state index contributed by atoms with van der Waals surface area (Å²) < 4.78 is 25.7. The highest BCUT2D eigenvalue weighted by atomic mass is 32.2. The Hall–Kier alpha value is -1.60. The van der Waals surface area contributed by atoms with Gasteiger partial charge >= 0.3 is 0 Å². The van der Waals surface area contributed by atoms with E-state index in [1.54, 1.807) is 18.2 Å². The van der Waals surface area contributed by atoms with Crippen LogP contribution in [0.15, 0.2) is 41.3 Å². The fourth-order valence-corrected chi connectivity index (χ4v) is 2.03. The molecule has 0 bridgehead atoms. The molecule has 80 valence electrons. The lowest BCUT2D eigenvalue weighted by Gasteiger charge is -2.07. The van der Waals surface area contributed by atoms with Crippen molar-refractivity contribution in [1.29, 1.82) is 0 Å². The fraction of sp³-hybridized carbons (Fsp3) is 0.125. The van der Waals surface area contributed by atoms with Crippen LogP contribution in [-0.2, 0) is 14.9 Å². The van der Waals surface area contributed by atoms with Crippen LogP contribution in [0, 0.1) is 0 Å². The van der Waals surface area contributed by atoms with Crippen LogP contribution >= 0.6 is 0 Å². The maximum atomic E-state index is 11.7. The van der Waals surface area contributed by atoms with Crippen LogP contribution in [0.5, 0.6) is 0 Å². The van der Waals surface area contributed by atoms with E-state index in [1.165, 1.54) is 12.3 Å². The van der Waals surface area contributed by atoms with E-state index >= 15 is 0 Å². The lowest BCUT2D eigenvalue weighted by atomic mass is 10.5. The quantitative estimate of drug-likeness (QED) is 0.743. The monoisotopic (exact) mass is 227 g/mol. The van der Waals surface area contributed by atoms with Gasteiger partial charge in [-0.15, -0.1) is 0 Å². The largest absolute Gasteiger partial charge is 0.280 e. The number of nitrogens with one attached hydrogen (secondary N) is 2. The molecule has 0 amide bonds. The number of sulfonamides is 1. The zero-order valence-corrected chi connectivity index (χ0v) is 8.49. The maximum Gasteiger partial charge on any atom is 0.280 e. The highest BCUT2D eigenvalue weighted by Crippen LogP contribution is 2.05. The Balaban J connectivity index is 2.21. The van der Waals surface area contributed by atoms with Gasteiger partial charge in [0.25, 0.3) is 10.0 Å². The smallest absolute Gasteiger partial charge is 0.270 e. The number of pyridine rings is 1. The van der Waals surface area contributed by atoms with E-state index in [4.69, 9.17) is 4.84 Å². The average molecular weight is 227 g/mol. The lowest BCUT2D eigenvalue weighted by Crippen LogP contribution is -2.29. The minimum atomic E-state index is -3.62. The lowest BCUT2D eigenvalue weighted by molar-refractivity contribution is 0.106. The predicted octanol–water partition coefficient (Wildman–Crippen LogP) is -0.264. The van der Waals surface area contributed by atoms with Crippen molar-refractivity contribution in [3.05, 3.63) is 36.3 Å². The Morgan fingerprint density at radius 2 is 2.33 bits per heavy atom. The second kappa shape index (κ2) is 3.87. The Morgan fingerprint density at radius 1 is 1.47 bits per heavy atom. The summed E-state index contributed by atoms with van der Waals surface area (Å²) in [6, 6.07) is 4.67. The summed E-state index contributed by atoms with van der Waals surface area (Å²) in [5.41, 5.74) is 2.43. The van der Waals surface area contributed by atoms with E-state index in [0.29, 0.717) is 12.4 Å². The van der Waals surface area contributed by atoms with E-state index in [2.05, 4.69) is 15.2 Å². The fourth-order valence-electron chi connectivity index (χ4n) is 1.05. The topological polar surface area (TPSA) is 80.3 Å². The van der Waals surface area contributed by atoms with Crippen molar-refractivity contribution >= 4 is 10.0 Å². The van der Waals surface area contributed by atoms with Crippen LogP contribution in [0.25, 0.3) is 0 Å². The summed E-state index contributed by atoms with van der Waals surface area (Å²) in [6.45, 7) is 0.333. The molecule has 2 rings (SSSR count). The SMILES string of the molecule is O=S(=O)(NC1=CCON1)c1ccccn1. The molecule has 2 N–H and O–H groups in total. The van der Waals surface area contributed by atoms with Gasteiger partial charge < -0.3 is 0 Å². The Kier molecular flexibility index (Phi) is 2.57. The molecule has 0 atom stereocenters. The maximum absolute atomic E-state index is 11.7. The molecule has 0 spiro atoms. The van der Waals surface area contributed by atoms with Gasteiger partial charge in [-0.2, -0.15) is 8.42 Å². The normalized spacial score (nSPS) is 15.6. The Bertz CT molecular complexity index is 469. The molecule has 1 aromatic heterocycles. The summed E-state index contributed by atoms with van der Waals surface area (Å²) in [5, 5.41) is -0.0281. The number of aromatic nitrogens is 1. The van der Waals surface area contributed by atoms with Gasteiger partial charge in [0, 0.05) is 6.20 Å². The van der Waals surface area contributed by atoms with Gasteiger partial charge in [0.05, 0.1) is 6.61 Å². The number of nitrogens with zero attached hydrogens (tertiary/aromatic N) is 1. The van der Waals surface area contributed by atoms with Gasteiger partial charge in [-0.25, -0.2) is 4.98 Å². The van der Waals surface area contributed by atoms with Crippen LogP contribution in [0.2, 0.25) is 0 Å². The molecule has 1 aromatic rings. The van der Waals surface area contributed by atoms with Gasteiger partial charge in [-0.05, 0) is 18.2 Å². The van der Waals surface area contributed by atoms with Gasteiger partial charge in [-0.3, -0.25) is 15.0 Å². The highest BCUT2D eigenvalue weighted by Gasteiger charge is 2.17. The molecule has 0 aromatic carbocycles. The minimum Gasteiger partial charge on any atom is -0.270 e. The Morgan fingerprint density at radius 3 is 2.93 bits per heavy atom. The zero-order chi connectivity index (χ0) is 10.7. The third kappa shape index (κ3) is 2.25. The molecule has 0 aliphatic carbocycles. The molecule has 7 heteroatoms. The standard InChI is InChI=1S/C8H9N3O3S/c12-15(13,8-3-1-2-5-9-8)11-7-4-6-14-10-7/h1-5,10-11H,6H2. The van der Waals surface area contributed by atoms with Crippen molar-refractivity contribution in [1.82, 2.24) is 15.2 Å². The Labute approximate surface area is 87.0 Å². The molecule has 6 nitrogen and oxygen atoms in total. The molecule has 0 radical (unpaired) electrons. The zero-order valence-electron chi connectivity index (χ0n) is 7.67. The number of rotatable bonds is 3. The first-order valence-electron chi connectivity index (χ1n) is 4.20. The molecule has 15 heavy (non-hydrogen) atoms. The molecule has 1 aliphatic heterocycles. The summed E-state index contributed by atoms with van der Waals surface area (Å²) in [6.07, 6.45) is 3.00. The van der Waals surface area contributed by atoms with Crippen LogP contribution < -0.4 is 10.2 Å². The third-order valence-corrected chi connectivity index (χ3v) is 2.99. The molecule has 2 heterocycles. The average Bonchev–Trinajstić information content (AvgIpc) is 2.71. The summed E-state index contributed by atoms with van der Waals surface area (Å²) in [4.78, 5) is 8.50. The highest BCUT2D eigenvalue weighted by molar-refractivity contribution is 7.89. The third-order valence-electron chi connectivity index (χ3n) is 1.71. The first-order valence-corrected chi connectivity index (χ1v) is 5.68. The van der Waals surface area contributed by atoms with Crippen LogP contribution in [0.1, 0.15) is 0 Å². The molecular formula is C8H9N3O3S. The van der Waals surface area contributed by atoms with Gasteiger partial charge in [0.1, 0.15) is 5.82 Å². The number of hydrogen-bond donors (Lipinski definition) is 2. The van der Waals surface area contributed by atoms with E-state index < -0.39 is 10.0 Å². The summed E-state index contributed by atoms with van der Waals surface area (Å²) >= 11 is 0. The van der Waals surface area contributed by atoms with Crippen molar-refractivity contribution in [2.24, 2.45) is 0 Å². The minimum absolute atomic E-state index is 0.0281. The van der Waals surface area contributed by atoms with Crippen molar-refractivity contribution in [3.63, 3.8) is 0 Å². The predicted molar refractivity (Wildman–Crippen MR) is 51.7 cm³/mol. The second-order valence-electron chi connectivity index (χ2n) is 2.80. The van der Waals surface area contributed by atoms with Gasteiger partial charge in [0.2, 0.25) is 0 Å². The van der Waals surface area contributed by atoms with Crippen LogP contribution in [-0.4, -0.2) is 20.0 Å². The van der Waals surface area contributed by atoms with Crippen molar-refractivity contribution in [2.45, 2.75) is 5.03 Å². The number of hydrogen-bond acceptors (Lipinski definition) is 5. The molecule has 0 saturated carbocycles. The van der Waals surface area contributed by atoms with Crippen LogP contribution in [0.4, 0.5) is 0 Å². The van der Waals surface area contributed by atoms with Gasteiger partial charge in [0.15, 0.2) is 5.03 Å². The first kappa shape index (κ1) is 9.94. The summed E-state index contributed by atoms with van der Waals surface area (Å²) in [7, 11) is -3.62. The second-order valence-corrected chi connectivity index (χ2v) is 4.43. The van der Waals surface area contributed by atoms with E-state index in [-0.39, 0.29) is 5.03 Å². The molecular weight excluding hydrogens is 218 g/mol. The molecule has 0 fully saturated rings. The van der Waals surface area contributed by atoms with Crippen molar-refractivity contribution in [3.8, 4) is 0 Å². The first-order chi connectivity index (χ1) is 7.18. The molecule has 1 aliphatic rings. The van der Waals surface area contributed by atoms with Crippen molar-refractivity contribution in [2.75, 3.05) is 6.61 Å². The van der Waals surface area contributed by atoms with Crippen LogP contribution in [0.3, 0.4) is 0 Å².